The molecule has 0 aromatic rings. The van der Waals surface area contributed by atoms with Gasteiger partial charge in [-0.25, -0.2) is 0 Å². The lowest BCUT2D eigenvalue weighted by Gasteiger charge is -2.30. The molecule has 17 heavy (non-hydrogen) atoms. The number of hydrogen-bond donors (Lipinski definition) is 1. The zero-order valence-electron chi connectivity index (χ0n) is 10.1. The molecule has 0 radical (unpaired) electrons. The standard InChI is InChI=1S/C12H20N2O3/c13-12(16)9-1-4-14(5-2-9)7-11(15)10-3-6-17-8-10/h9-10H,1-8H2,(H2,13,16). The molecule has 2 saturated heterocycles. The van der Waals surface area contributed by atoms with Crippen LogP contribution < -0.4 is 5.73 Å². The molecule has 0 aliphatic carbocycles. The van der Waals surface area contributed by atoms with Crippen molar-refractivity contribution in [3.05, 3.63) is 0 Å². The molecular formula is C12H20N2O3. The number of nitrogens with two attached hydrogens (primary N) is 1. The number of rotatable bonds is 4. The number of piperidine rings is 1. The van der Waals surface area contributed by atoms with E-state index in [-0.39, 0.29) is 23.5 Å². The van der Waals surface area contributed by atoms with Gasteiger partial charge in [0.15, 0.2) is 5.78 Å². The summed E-state index contributed by atoms with van der Waals surface area (Å²) in [5.41, 5.74) is 5.27. The van der Waals surface area contributed by atoms with E-state index < -0.39 is 0 Å². The Morgan fingerprint density at radius 2 is 1.88 bits per heavy atom. The summed E-state index contributed by atoms with van der Waals surface area (Å²) in [5.74, 6) is 0.153. The SMILES string of the molecule is NC(=O)C1CCN(CC(=O)C2CCOC2)CC1. The molecule has 0 spiro atoms. The first kappa shape index (κ1) is 12.5. The molecular weight excluding hydrogens is 220 g/mol. The summed E-state index contributed by atoms with van der Waals surface area (Å²) in [6.45, 7) is 3.39. The number of carbonyl (C=O) groups is 2. The summed E-state index contributed by atoms with van der Waals surface area (Å²) >= 11 is 0. The average molecular weight is 240 g/mol. The van der Waals surface area contributed by atoms with Gasteiger partial charge in [-0.3, -0.25) is 14.5 Å². The maximum Gasteiger partial charge on any atom is 0.220 e. The van der Waals surface area contributed by atoms with Crippen molar-refractivity contribution in [2.75, 3.05) is 32.8 Å². The van der Waals surface area contributed by atoms with Gasteiger partial charge in [-0.2, -0.15) is 0 Å². The van der Waals surface area contributed by atoms with E-state index in [1.54, 1.807) is 0 Å². The molecule has 5 heteroatoms. The minimum Gasteiger partial charge on any atom is -0.381 e. The van der Waals surface area contributed by atoms with Crippen LogP contribution in [0.15, 0.2) is 0 Å². The largest absolute Gasteiger partial charge is 0.381 e. The van der Waals surface area contributed by atoms with Crippen LogP contribution in [0.4, 0.5) is 0 Å². The summed E-state index contributed by atoms with van der Waals surface area (Å²) in [5, 5.41) is 0. The molecule has 96 valence electrons. The fourth-order valence-corrected chi connectivity index (χ4v) is 2.51. The van der Waals surface area contributed by atoms with Gasteiger partial charge in [-0.1, -0.05) is 0 Å². The van der Waals surface area contributed by atoms with Crippen LogP contribution in [0.25, 0.3) is 0 Å². The molecule has 2 aliphatic heterocycles. The third-order valence-corrected chi connectivity index (χ3v) is 3.75. The quantitative estimate of drug-likeness (QED) is 0.738. The second-order valence-corrected chi connectivity index (χ2v) is 4.98. The molecule has 0 saturated carbocycles. The van der Waals surface area contributed by atoms with Gasteiger partial charge in [0, 0.05) is 18.4 Å². The number of ketones is 1. The Bertz CT molecular complexity index is 292. The predicted octanol–water partition coefficient (Wildman–Crippen LogP) is -0.211. The summed E-state index contributed by atoms with van der Waals surface area (Å²) in [4.78, 5) is 25.1. The van der Waals surface area contributed by atoms with E-state index in [9.17, 15) is 9.59 Å². The van der Waals surface area contributed by atoms with Crippen LogP contribution >= 0.6 is 0 Å². The van der Waals surface area contributed by atoms with Gasteiger partial charge in [0.05, 0.1) is 13.2 Å². The summed E-state index contributed by atoms with van der Waals surface area (Å²) in [7, 11) is 0. The molecule has 1 atom stereocenters. The number of primary amides is 1. The first-order valence-electron chi connectivity index (χ1n) is 6.29. The Morgan fingerprint density at radius 1 is 1.18 bits per heavy atom. The number of nitrogens with zero attached hydrogens (tertiary/aromatic N) is 1. The van der Waals surface area contributed by atoms with Crippen molar-refractivity contribution in [2.45, 2.75) is 19.3 Å². The van der Waals surface area contributed by atoms with Crippen molar-refractivity contribution >= 4 is 11.7 Å². The number of amides is 1. The first-order valence-corrected chi connectivity index (χ1v) is 6.29. The van der Waals surface area contributed by atoms with Crippen molar-refractivity contribution in [3.8, 4) is 0 Å². The van der Waals surface area contributed by atoms with Crippen molar-refractivity contribution in [3.63, 3.8) is 0 Å². The normalized spacial score (nSPS) is 27.2. The van der Waals surface area contributed by atoms with Crippen molar-refractivity contribution in [1.82, 2.24) is 4.90 Å². The number of carbonyl (C=O) groups excluding carboxylic acids is 2. The van der Waals surface area contributed by atoms with E-state index in [0.717, 1.165) is 32.4 Å². The summed E-state index contributed by atoms with van der Waals surface area (Å²) < 4.78 is 5.22. The van der Waals surface area contributed by atoms with Gasteiger partial charge in [-0.05, 0) is 32.4 Å². The predicted molar refractivity (Wildman–Crippen MR) is 62.3 cm³/mol. The van der Waals surface area contributed by atoms with Crippen LogP contribution in [0, 0.1) is 11.8 Å². The van der Waals surface area contributed by atoms with Crippen molar-refractivity contribution in [2.24, 2.45) is 17.6 Å². The lowest BCUT2D eigenvalue weighted by Crippen LogP contribution is -2.42. The fraction of sp³-hybridized carbons (Fsp3) is 0.833. The molecule has 2 rings (SSSR count). The number of ether oxygens (including phenoxy) is 1. The second kappa shape index (κ2) is 5.60. The van der Waals surface area contributed by atoms with Gasteiger partial charge < -0.3 is 10.5 Å². The fourth-order valence-electron chi connectivity index (χ4n) is 2.51. The molecule has 1 unspecified atom stereocenters. The van der Waals surface area contributed by atoms with Gasteiger partial charge in [0.2, 0.25) is 5.91 Å². The molecule has 2 heterocycles. The van der Waals surface area contributed by atoms with Crippen LogP contribution in [0.5, 0.6) is 0 Å². The van der Waals surface area contributed by atoms with Crippen molar-refractivity contribution < 1.29 is 14.3 Å². The Hall–Kier alpha value is -0.940. The molecule has 0 bridgehead atoms. The highest BCUT2D eigenvalue weighted by atomic mass is 16.5. The van der Waals surface area contributed by atoms with Crippen LogP contribution in [-0.2, 0) is 14.3 Å². The lowest BCUT2D eigenvalue weighted by atomic mass is 9.95. The molecule has 5 nitrogen and oxygen atoms in total. The highest BCUT2D eigenvalue weighted by molar-refractivity contribution is 5.83. The molecule has 2 N–H and O–H groups in total. The second-order valence-electron chi connectivity index (χ2n) is 4.98. The molecule has 0 aromatic carbocycles. The third-order valence-electron chi connectivity index (χ3n) is 3.75. The molecule has 1 amide bonds. The summed E-state index contributed by atoms with van der Waals surface area (Å²) in [6.07, 6.45) is 2.42. The Morgan fingerprint density at radius 3 is 2.41 bits per heavy atom. The van der Waals surface area contributed by atoms with E-state index >= 15 is 0 Å². The zero-order chi connectivity index (χ0) is 12.3. The Balaban J connectivity index is 1.74. The van der Waals surface area contributed by atoms with Crippen LogP contribution in [0.3, 0.4) is 0 Å². The lowest BCUT2D eigenvalue weighted by molar-refractivity contribution is -0.125. The minimum absolute atomic E-state index is 0.00355. The van der Waals surface area contributed by atoms with E-state index in [1.807, 2.05) is 0 Å². The maximum absolute atomic E-state index is 11.9. The number of Topliss-reactive ketones (excluding diaryl/α,β-unsaturated/α-hetero) is 1. The number of hydrogen-bond acceptors (Lipinski definition) is 4. The minimum atomic E-state index is -0.208. The summed E-state index contributed by atoms with van der Waals surface area (Å²) in [6, 6.07) is 0. The molecule has 2 aliphatic rings. The van der Waals surface area contributed by atoms with Crippen LogP contribution in [0.2, 0.25) is 0 Å². The highest BCUT2D eigenvalue weighted by Gasteiger charge is 2.28. The van der Waals surface area contributed by atoms with E-state index in [4.69, 9.17) is 10.5 Å². The topological polar surface area (TPSA) is 72.6 Å². The van der Waals surface area contributed by atoms with Crippen molar-refractivity contribution in [1.29, 1.82) is 0 Å². The Kier molecular flexibility index (Phi) is 4.12. The van der Waals surface area contributed by atoms with Gasteiger partial charge in [0.1, 0.15) is 0 Å². The average Bonchev–Trinajstić information content (AvgIpc) is 2.83. The molecule has 2 fully saturated rings. The van der Waals surface area contributed by atoms with E-state index in [2.05, 4.69) is 4.90 Å². The highest BCUT2D eigenvalue weighted by Crippen LogP contribution is 2.18. The van der Waals surface area contributed by atoms with Crippen LogP contribution in [-0.4, -0.2) is 49.4 Å². The van der Waals surface area contributed by atoms with Gasteiger partial charge in [0.25, 0.3) is 0 Å². The van der Waals surface area contributed by atoms with E-state index in [0.29, 0.717) is 19.8 Å². The van der Waals surface area contributed by atoms with Crippen LogP contribution in [0.1, 0.15) is 19.3 Å². The number of likely N-dealkylation sites (tertiary alicyclic amines) is 1. The first-order chi connectivity index (χ1) is 8.16. The van der Waals surface area contributed by atoms with Gasteiger partial charge >= 0.3 is 0 Å². The van der Waals surface area contributed by atoms with Gasteiger partial charge in [-0.15, -0.1) is 0 Å². The third kappa shape index (κ3) is 3.26. The Labute approximate surface area is 101 Å². The van der Waals surface area contributed by atoms with E-state index in [1.165, 1.54) is 0 Å². The molecule has 0 aromatic heterocycles. The smallest absolute Gasteiger partial charge is 0.220 e. The zero-order valence-corrected chi connectivity index (χ0v) is 10.1. The maximum atomic E-state index is 11.9. The monoisotopic (exact) mass is 240 g/mol.